The topological polar surface area (TPSA) is 82.8 Å². The van der Waals surface area contributed by atoms with Crippen LogP contribution in [-0.4, -0.2) is 42.5 Å². The fourth-order valence-electron chi connectivity index (χ4n) is 1.51. The van der Waals surface area contributed by atoms with Crippen LogP contribution in [0.25, 0.3) is 0 Å². The number of carboxylic acids is 1. The number of rotatable bonds is 6. The monoisotopic (exact) mass is 254 g/mol. The summed E-state index contributed by atoms with van der Waals surface area (Å²) in [6.07, 6.45) is 0.393. The van der Waals surface area contributed by atoms with Gasteiger partial charge in [-0.3, -0.25) is 9.69 Å². The van der Waals surface area contributed by atoms with Gasteiger partial charge in [0.2, 0.25) is 11.7 Å². The Morgan fingerprint density at radius 1 is 1.50 bits per heavy atom. The average Bonchev–Trinajstić information content (AvgIpc) is 2.84. The second-order valence-electron chi connectivity index (χ2n) is 4.09. The number of nitrogens with one attached hydrogen (secondary N) is 1. The van der Waals surface area contributed by atoms with Crippen LogP contribution in [0.3, 0.4) is 0 Å². The summed E-state index contributed by atoms with van der Waals surface area (Å²) in [4.78, 5) is 23.8. The van der Waals surface area contributed by atoms with E-state index in [9.17, 15) is 9.59 Å². The smallest absolute Gasteiger partial charge is 0.371 e. The highest BCUT2D eigenvalue weighted by Gasteiger charge is 2.18. The number of amides is 1. The van der Waals surface area contributed by atoms with E-state index in [1.54, 1.807) is 13.1 Å². The van der Waals surface area contributed by atoms with Crippen LogP contribution in [0.1, 0.15) is 35.7 Å². The number of nitrogens with zero attached hydrogens (tertiary/aromatic N) is 1. The lowest BCUT2D eigenvalue weighted by Crippen LogP contribution is -2.28. The normalized spacial score (nSPS) is 12.4. The molecular weight excluding hydrogens is 236 g/mol. The van der Waals surface area contributed by atoms with Crippen molar-refractivity contribution in [2.75, 3.05) is 20.6 Å². The van der Waals surface area contributed by atoms with Crippen molar-refractivity contribution in [1.29, 1.82) is 0 Å². The summed E-state index contributed by atoms with van der Waals surface area (Å²) < 4.78 is 5.22. The number of hydrogen-bond acceptors (Lipinski definition) is 4. The van der Waals surface area contributed by atoms with Crippen LogP contribution >= 0.6 is 0 Å². The molecule has 1 rings (SSSR count). The molecule has 1 unspecified atom stereocenters. The number of furan rings is 1. The van der Waals surface area contributed by atoms with Gasteiger partial charge < -0.3 is 14.8 Å². The highest BCUT2D eigenvalue weighted by atomic mass is 16.4. The quantitative estimate of drug-likeness (QED) is 0.794. The van der Waals surface area contributed by atoms with Gasteiger partial charge >= 0.3 is 5.97 Å². The minimum Gasteiger partial charge on any atom is -0.475 e. The molecule has 0 bridgehead atoms. The number of carbonyl (C=O) groups is 2. The van der Waals surface area contributed by atoms with Gasteiger partial charge in [0.25, 0.3) is 0 Å². The van der Waals surface area contributed by atoms with Crippen molar-refractivity contribution in [3.63, 3.8) is 0 Å². The van der Waals surface area contributed by atoms with Crippen molar-refractivity contribution in [2.24, 2.45) is 0 Å². The third-order valence-corrected chi connectivity index (χ3v) is 2.88. The minimum absolute atomic E-state index is 0.0280. The molecule has 0 aliphatic carbocycles. The zero-order chi connectivity index (χ0) is 13.7. The molecule has 0 saturated heterocycles. The zero-order valence-electron chi connectivity index (χ0n) is 10.8. The molecule has 0 radical (unpaired) electrons. The number of carbonyl (C=O) groups excluding carboxylic acids is 1. The van der Waals surface area contributed by atoms with Gasteiger partial charge in [-0.25, -0.2) is 4.79 Å². The molecule has 1 heterocycles. The molecule has 1 atom stereocenters. The Hall–Kier alpha value is -1.82. The van der Waals surface area contributed by atoms with E-state index in [1.807, 2.05) is 18.9 Å². The van der Waals surface area contributed by atoms with Crippen LogP contribution in [0.4, 0.5) is 0 Å². The molecule has 6 heteroatoms. The van der Waals surface area contributed by atoms with Crippen LogP contribution in [0, 0.1) is 0 Å². The van der Waals surface area contributed by atoms with Crippen molar-refractivity contribution in [3.05, 3.63) is 23.7 Å². The van der Waals surface area contributed by atoms with Crippen LogP contribution in [-0.2, 0) is 4.79 Å². The summed E-state index contributed by atoms with van der Waals surface area (Å²) >= 11 is 0. The molecule has 0 aliphatic heterocycles. The average molecular weight is 254 g/mol. The van der Waals surface area contributed by atoms with Gasteiger partial charge in [0.05, 0.1) is 6.04 Å². The molecular formula is C12H18N2O4. The van der Waals surface area contributed by atoms with Crippen molar-refractivity contribution < 1.29 is 19.1 Å². The Bertz CT molecular complexity index is 427. The Balaban J connectivity index is 2.59. The lowest BCUT2D eigenvalue weighted by molar-refractivity contribution is -0.121. The summed E-state index contributed by atoms with van der Waals surface area (Å²) in [5, 5.41) is 11.3. The van der Waals surface area contributed by atoms with Crippen LogP contribution in [0.15, 0.2) is 16.5 Å². The number of carboxylic acid groups (broad SMARTS) is 1. The highest BCUT2D eigenvalue weighted by Crippen LogP contribution is 2.21. The molecule has 100 valence electrons. The molecule has 6 nitrogen and oxygen atoms in total. The molecule has 0 saturated carbocycles. The summed E-state index contributed by atoms with van der Waals surface area (Å²) in [6.45, 7) is 2.47. The first-order valence-corrected chi connectivity index (χ1v) is 5.69. The third kappa shape index (κ3) is 3.59. The van der Waals surface area contributed by atoms with Gasteiger partial charge in [-0.15, -0.1) is 0 Å². The maximum absolute atomic E-state index is 11.1. The molecule has 1 amide bonds. The van der Waals surface area contributed by atoms with E-state index in [-0.39, 0.29) is 17.7 Å². The standard InChI is InChI=1S/C12H18N2O4/c1-8(14(3)7-6-11(15)13-2)9-4-5-10(18-9)12(16)17/h4-5,8H,6-7H2,1-3H3,(H,13,15)(H,16,17). The molecule has 0 spiro atoms. The van der Waals surface area contributed by atoms with Crippen molar-refractivity contribution in [3.8, 4) is 0 Å². The predicted molar refractivity (Wildman–Crippen MR) is 65.4 cm³/mol. The van der Waals surface area contributed by atoms with Gasteiger partial charge in [-0.1, -0.05) is 0 Å². The predicted octanol–water partition coefficient (Wildman–Crippen LogP) is 1.11. The summed E-state index contributed by atoms with van der Waals surface area (Å²) in [5.41, 5.74) is 0. The fraction of sp³-hybridized carbons (Fsp3) is 0.500. The Morgan fingerprint density at radius 3 is 2.67 bits per heavy atom. The fourth-order valence-corrected chi connectivity index (χ4v) is 1.51. The van der Waals surface area contributed by atoms with Crippen LogP contribution in [0.5, 0.6) is 0 Å². The van der Waals surface area contributed by atoms with Gasteiger partial charge in [0, 0.05) is 20.0 Å². The van der Waals surface area contributed by atoms with Gasteiger partial charge in [0.15, 0.2) is 0 Å². The van der Waals surface area contributed by atoms with Gasteiger partial charge in [-0.05, 0) is 26.1 Å². The van der Waals surface area contributed by atoms with E-state index in [1.165, 1.54) is 6.07 Å². The summed E-state index contributed by atoms with van der Waals surface area (Å²) in [6, 6.07) is 2.99. The maximum atomic E-state index is 11.1. The molecule has 1 aromatic rings. The molecule has 2 N–H and O–H groups in total. The van der Waals surface area contributed by atoms with Crippen molar-refractivity contribution >= 4 is 11.9 Å². The first kappa shape index (κ1) is 14.2. The van der Waals surface area contributed by atoms with Crippen molar-refractivity contribution in [2.45, 2.75) is 19.4 Å². The molecule has 0 fully saturated rings. The number of hydrogen-bond donors (Lipinski definition) is 2. The Morgan fingerprint density at radius 2 is 2.17 bits per heavy atom. The highest BCUT2D eigenvalue weighted by molar-refractivity contribution is 5.84. The van der Waals surface area contributed by atoms with E-state index in [4.69, 9.17) is 9.52 Å². The molecule has 0 aliphatic rings. The Labute approximate surface area is 106 Å². The second kappa shape index (κ2) is 6.20. The first-order chi connectivity index (χ1) is 8.45. The van der Waals surface area contributed by atoms with E-state index in [0.29, 0.717) is 18.7 Å². The molecule has 18 heavy (non-hydrogen) atoms. The zero-order valence-corrected chi connectivity index (χ0v) is 10.8. The van der Waals surface area contributed by atoms with E-state index < -0.39 is 5.97 Å². The molecule has 0 aromatic carbocycles. The number of aromatic carboxylic acids is 1. The summed E-state index contributed by atoms with van der Waals surface area (Å²) in [5.74, 6) is -0.607. The van der Waals surface area contributed by atoms with E-state index >= 15 is 0 Å². The lowest BCUT2D eigenvalue weighted by Gasteiger charge is -2.22. The van der Waals surface area contributed by atoms with E-state index in [2.05, 4.69) is 5.32 Å². The second-order valence-corrected chi connectivity index (χ2v) is 4.09. The SMILES string of the molecule is CNC(=O)CCN(C)C(C)c1ccc(C(=O)O)o1. The lowest BCUT2D eigenvalue weighted by atomic mass is 10.2. The van der Waals surface area contributed by atoms with Crippen molar-refractivity contribution in [1.82, 2.24) is 10.2 Å². The van der Waals surface area contributed by atoms with Gasteiger partial charge in [0.1, 0.15) is 5.76 Å². The maximum Gasteiger partial charge on any atom is 0.371 e. The van der Waals surface area contributed by atoms with Gasteiger partial charge in [-0.2, -0.15) is 0 Å². The Kier molecular flexibility index (Phi) is 4.91. The largest absolute Gasteiger partial charge is 0.475 e. The third-order valence-electron chi connectivity index (χ3n) is 2.88. The van der Waals surface area contributed by atoms with E-state index in [0.717, 1.165) is 0 Å². The van der Waals surface area contributed by atoms with Crippen LogP contribution < -0.4 is 5.32 Å². The van der Waals surface area contributed by atoms with Crippen LogP contribution in [0.2, 0.25) is 0 Å². The summed E-state index contributed by atoms with van der Waals surface area (Å²) in [7, 11) is 3.45. The minimum atomic E-state index is -1.08. The molecule has 1 aromatic heterocycles. The first-order valence-electron chi connectivity index (χ1n) is 5.69.